The maximum absolute atomic E-state index is 13.8. The summed E-state index contributed by atoms with van der Waals surface area (Å²) < 4.78 is 20.4. The van der Waals surface area contributed by atoms with Gasteiger partial charge in [-0.2, -0.15) is 4.36 Å². The molecule has 0 saturated heterocycles. The van der Waals surface area contributed by atoms with Crippen LogP contribution in [0.15, 0.2) is 80.7 Å². The third-order valence-electron chi connectivity index (χ3n) is 3.30. The minimum atomic E-state index is -2.95. The van der Waals surface area contributed by atoms with E-state index in [1.807, 2.05) is 72.1 Å². The Labute approximate surface area is 137 Å². The van der Waals surface area contributed by atoms with E-state index in [1.165, 1.54) is 15.4 Å². The van der Waals surface area contributed by atoms with Crippen molar-refractivity contribution in [1.82, 2.24) is 14.4 Å². The van der Waals surface area contributed by atoms with E-state index in [0.717, 1.165) is 0 Å². The summed E-state index contributed by atoms with van der Waals surface area (Å²) in [5.74, 6) is 0. The summed E-state index contributed by atoms with van der Waals surface area (Å²) in [5.41, 5.74) is 2.04. The summed E-state index contributed by atoms with van der Waals surface area (Å²) in [5, 5.41) is 10.1. The van der Waals surface area contributed by atoms with Crippen molar-refractivity contribution >= 4 is 38.0 Å². The van der Waals surface area contributed by atoms with Crippen molar-refractivity contribution in [2.24, 2.45) is 4.36 Å². The lowest BCUT2D eigenvalue weighted by molar-refractivity contribution is 0.664. The van der Waals surface area contributed by atoms with E-state index in [1.54, 1.807) is 0 Å². The Kier molecular flexibility index (Phi) is 3.44. The second-order valence-electron chi connectivity index (χ2n) is 4.81. The molecule has 0 aliphatic rings. The van der Waals surface area contributed by atoms with Gasteiger partial charge in [0.05, 0.1) is 5.69 Å². The summed E-state index contributed by atoms with van der Waals surface area (Å²) in [6, 6.07) is 20.4. The van der Waals surface area contributed by atoms with Gasteiger partial charge in [-0.15, -0.1) is 20.5 Å². The van der Waals surface area contributed by atoms with Gasteiger partial charge < -0.3 is 0 Å². The van der Waals surface area contributed by atoms with Crippen LogP contribution >= 0.6 is 11.3 Å². The molecule has 1 atom stereocenters. The summed E-state index contributed by atoms with van der Waals surface area (Å²) in [7, 11) is -2.95. The van der Waals surface area contributed by atoms with Gasteiger partial charge in [-0.1, -0.05) is 41.6 Å². The largest absolute Gasteiger partial charge is 0.220 e. The summed E-state index contributed by atoms with van der Waals surface area (Å²) in [6.45, 7) is 0. The van der Waals surface area contributed by atoms with Crippen molar-refractivity contribution in [1.29, 1.82) is 0 Å². The first-order valence-electron chi connectivity index (χ1n) is 6.94. The highest BCUT2D eigenvalue weighted by molar-refractivity contribution is 7.94. The van der Waals surface area contributed by atoms with Crippen LogP contribution in [-0.4, -0.2) is 18.6 Å². The van der Waals surface area contributed by atoms with Gasteiger partial charge in [0.15, 0.2) is 9.92 Å². The van der Waals surface area contributed by atoms with E-state index in [2.05, 4.69) is 14.7 Å². The van der Waals surface area contributed by atoms with Gasteiger partial charge in [-0.25, -0.2) is 4.21 Å². The molecule has 0 saturated carbocycles. The van der Waals surface area contributed by atoms with Crippen LogP contribution in [-0.2, 0) is 9.92 Å². The van der Waals surface area contributed by atoms with E-state index in [4.69, 9.17) is 0 Å². The van der Waals surface area contributed by atoms with Crippen molar-refractivity contribution < 1.29 is 4.21 Å². The molecule has 0 bridgehead atoms. The molecule has 2 aromatic carbocycles. The van der Waals surface area contributed by atoms with Crippen LogP contribution in [0.1, 0.15) is 0 Å². The summed E-state index contributed by atoms with van der Waals surface area (Å²) >= 11 is 1.40. The maximum atomic E-state index is 13.8. The van der Waals surface area contributed by atoms with Crippen molar-refractivity contribution in [3.8, 4) is 0 Å². The van der Waals surface area contributed by atoms with E-state index in [0.29, 0.717) is 20.9 Å². The predicted octanol–water partition coefficient (Wildman–Crippen LogP) is 4.11. The third-order valence-corrected chi connectivity index (χ3v) is 6.76. The topological polar surface area (TPSA) is 60.1 Å². The van der Waals surface area contributed by atoms with Crippen LogP contribution in [0.25, 0.3) is 11.0 Å². The number of benzene rings is 2. The molecule has 0 spiro atoms. The zero-order valence-electron chi connectivity index (χ0n) is 11.9. The maximum Gasteiger partial charge on any atom is 0.196 e. The average molecular weight is 340 g/mol. The lowest BCUT2D eigenvalue weighted by Gasteiger charge is -2.09. The molecule has 4 rings (SSSR count). The molecule has 4 aromatic rings. The summed E-state index contributed by atoms with van der Waals surface area (Å²) in [6.07, 6.45) is 0. The molecule has 2 heterocycles. The molecule has 7 heteroatoms. The zero-order chi connectivity index (χ0) is 15.7. The van der Waals surface area contributed by atoms with Crippen molar-refractivity contribution in [2.45, 2.75) is 4.21 Å². The van der Waals surface area contributed by atoms with Gasteiger partial charge >= 0.3 is 0 Å². The van der Waals surface area contributed by atoms with Crippen LogP contribution in [0, 0.1) is 0 Å². The molecule has 0 aliphatic heterocycles. The van der Waals surface area contributed by atoms with Gasteiger partial charge in [0.1, 0.15) is 15.2 Å². The first-order chi connectivity index (χ1) is 11.3. The minimum Gasteiger partial charge on any atom is -0.220 e. The van der Waals surface area contributed by atoms with Gasteiger partial charge in [0.2, 0.25) is 0 Å². The smallest absolute Gasteiger partial charge is 0.196 e. The third kappa shape index (κ3) is 2.43. The molecule has 0 N–H and O–H groups in total. The van der Waals surface area contributed by atoms with Crippen LogP contribution < -0.4 is 0 Å². The van der Waals surface area contributed by atoms with E-state index in [-0.39, 0.29) is 0 Å². The normalized spacial score (nSPS) is 13.7. The number of nitrogens with zero attached hydrogens (tertiary/aromatic N) is 4. The standard InChI is InChI=1S/C16H12N4OS2/c21-23(16-11-6-12-22-16,18-13-7-2-1-3-8-13)20-15-10-5-4-9-14(15)17-19-20/h1-12H. The Morgan fingerprint density at radius 2 is 1.74 bits per heavy atom. The number of aromatic nitrogens is 3. The van der Waals surface area contributed by atoms with E-state index in [9.17, 15) is 4.21 Å². The fourth-order valence-electron chi connectivity index (χ4n) is 2.25. The second-order valence-corrected chi connectivity index (χ2v) is 7.97. The first kappa shape index (κ1) is 14.1. The molecule has 0 fully saturated rings. The van der Waals surface area contributed by atoms with Crippen LogP contribution in [0.3, 0.4) is 0 Å². The molecule has 23 heavy (non-hydrogen) atoms. The number of fused-ring (bicyclic) bond motifs is 1. The lowest BCUT2D eigenvalue weighted by atomic mass is 10.3. The molecule has 114 valence electrons. The van der Waals surface area contributed by atoms with Gasteiger partial charge in [0, 0.05) is 0 Å². The molecule has 2 aromatic heterocycles. The SMILES string of the molecule is O=S(=Nc1ccccc1)(c1cccs1)n1nnc2ccccc21. The Balaban J connectivity index is 2.05. The van der Waals surface area contributed by atoms with Gasteiger partial charge in [0.25, 0.3) is 0 Å². The predicted molar refractivity (Wildman–Crippen MR) is 92.2 cm³/mol. The van der Waals surface area contributed by atoms with Gasteiger partial charge in [-0.3, -0.25) is 0 Å². The quantitative estimate of drug-likeness (QED) is 0.564. The minimum absolute atomic E-state index is 0.644. The Morgan fingerprint density at radius 1 is 0.957 bits per heavy atom. The van der Waals surface area contributed by atoms with Crippen molar-refractivity contribution in [2.75, 3.05) is 0 Å². The Morgan fingerprint density at radius 3 is 2.52 bits per heavy atom. The van der Waals surface area contributed by atoms with Crippen LogP contribution in [0.2, 0.25) is 0 Å². The molecular formula is C16H12N4OS2. The zero-order valence-corrected chi connectivity index (χ0v) is 13.6. The number of rotatable bonds is 3. The highest BCUT2D eigenvalue weighted by Crippen LogP contribution is 2.27. The number of thiophene rings is 1. The fraction of sp³-hybridized carbons (Fsp3) is 0. The highest BCUT2D eigenvalue weighted by atomic mass is 32.2. The monoisotopic (exact) mass is 340 g/mol. The molecule has 0 amide bonds. The molecule has 5 nitrogen and oxygen atoms in total. The average Bonchev–Trinajstić information content (AvgIpc) is 3.26. The highest BCUT2D eigenvalue weighted by Gasteiger charge is 2.21. The lowest BCUT2D eigenvalue weighted by Crippen LogP contribution is -2.13. The molecule has 0 aliphatic carbocycles. The first-order valence-corrected chi connectivity index (χ1v) is 9.29. The van der Waals surface area contributed by atoms with Gasteiger partial charge in [-0.05, 0) is 35.7 Å². The van der Waals surface area contributed by atoms with Crippen LogP contribution in [0.4, 0.5) is 5.69 Å². The fourth-order valence-corrected chi connectivity index (χ4v) is 5.24. The van der Waals surface area contributed by atoms with E-state index < -0.39 is 9.92 Å². The molecule has 1 unspecified atom stereocenters. The van der Waals surface area contributed by atoms with Crippen LogP contribution in [0.5, 0.6) is 0 Å². The molecular weight excluding hydrogens is 328 g/mol. The van der Waals surface area contributed by atoms with Crippen molar-refractivity contribution in [3.05, 3.63) is 72.1 Å². The second kappa shape index (κ2) is 5.60. The van der Waals surface area contributed by atoms with E-state index >= 15 is 0 Å². The van der Waals surface area contributed by atoms with Crippen molar-refractivity contribution in [3.63, 3.8) is 0 Å². The Hall–Kier alpha value is -2.51. The number of hydrogen-bond acceptors (Lipinski definition) is 5. The number of hydrogen-bond donors (Lipinski definition) is 0. The summed E-state index contributed by atoms with van der Waals surface area (Å²) in [4.78, 5) is 0. The molecule has 0 radical (unpaired) electrons. The number of para-hydroxylation sites is 1. The Bertz CT molecular complexity index is 1060.